The van der Waals surface area contributed by atoms with E-state index in [4.69, 9.17) is 11.0 Å². The standard InChI is InChI=1S/C14H19FN4O/c1-19(9-3-7-16)8-2-4-14(20)18-11-5-6-12(15)13(17)10-11/h5-6,10H,2-4,8-9,17H2,1H3,(H,18,20). The molecule has 0 saturated heterocycles. The molecule has 108 valence electrons. The zero-order valence-corrected chi connectivity index (χ0v) is 11.5. The quantitative estimate of drug-likeness (QED) is 0.747. The molecule has 0 aliphatic rings. The molecular weight excluding hydrogens is 259 g/mol. The Bertz CT molecular complexity index is 498. The van der Waals surface area contributed by atoms with Crippen LogP contribution in [0.2, 0.25) is 0 Å². The minimum Gasteiger partial charge on any atom is -0.396 e. The Labute approximate surface area is 118 Å². The second-order valence-electron chi connectivity index (χ2n) is 4.60. The lowest BCUT2D eigenvalue weighted by atomic mass is 10.2. The molecule has 0 fully saturated rings. The van der Waals surface area contributed by atoms with Crippen LogP contribution < -0.4 is 11.1 Å². The Hall–Kier alpha value is -2.13. The second-order valence-corrected chi connectivity index (χ2v) is 4.60. The number of rotatable bonds is 7. The van der Waals surface area contributed by atoms with Gasteiger partial charge < -0.3 is 16.0 Å². The molecule has 0 bridgehead atoms. The maximum Gasteiger partial charge on any atom is 0.224 e. The molecule has 1 aromatic carbocycles. The van der Waals surface area contributed by atoms with Crippen LogP contribution in [0.5, 0.6) is 0 Å². The number of hydrogen-bond acceptors (Lipinski definition) is 4. The van der Waals surface area contributed by atoms with E-state index in [1.54, 1.807) is 0 Å². The number of nitrogens with one attached hydrogen (secondary N) is 1. The number of benzene rings is 1. The van der Waals surface area contributed by atoms with E-state index in [1.807, 2.05) is 11.9 Å². The third-order valence-electron chi connectivity index (χ3n) is 2.83. The van der Waals surface area contributed by atoms with Gasteiger partial charge in [-0.3, -0.25) is 4.79 Å². The minimum absolute atomic E-state index is 0.0130. The fourth-order valence-corrected chi connectivity index (χ4v) is 1.71. The summed E-state index contributed by atoms with van der Waals surface area (Å²) in [6.07, 6.45) is 1.55. The van der Waals surface area contributed by atoms with Crippen molar-refractivity contribution in [2.24, 2.45) is 0 Å². The van der Waals surface area contributed by atoms with Crippen molar-refractivity contribution < 1.29 is 9.18 Å². The molecule has 0 spiro atoms. The van der Waals surface area contributed by atoms with Gasteiger partial charge in [0, 0.05) is 25.1 Å². The van der Waals surface area contributed by atoms with Crippen molar-refractivity contribution in [1.29, 1.82) is 5.26 Å². The molecule has 1 rings (SSSR count). The highest BCUT2D eigenvalue weighted by atomic mass is 19.1. The van der Waals surface area contributed by atoms with E-state index < -0.39 is 5.82 Å². The van der Waals surface area contributed by atoms with Crippen molar-refractivity contribution in [3.8, 4) is 6.07 Å². The topological polar surface area (TPSA) is 82.2 Å². The van der Waals surface area contributed by atoms with Gasteiger partial charge in [0.15, 0.2) is 0 Å². The van der Waals surface area contributed by atoms with Crippen LogP contribution in [0.4, 0.5) is 15.8 Å². The molecule has 0 saturated carbocycles. The lowest BCUT2D eigenvalue weighted by Gasteiger charge is -2.14. The van der Waals surface area contributed by atoms with Gasteiger partial charge in [-0.25, -0.2) is 4.39 Å². The summed E-state index contributed by atoms with van der Waals surface area (Å²) in [4.78, 5) is 13.7. The van der Waals surface area contributed by atoms with Gasteiger partial charge in [-0.15, -0.1) is 0 Å². The van der Waals surface area contributed by atoms with Gasteiger partial charge in [-0.2, -0.15) is 5.26 Å². The van der Waals surface area contributed by atoms with Crippen LogP contribution in [0.15, 0.2) is 18.2 Å². The molecule has 0 unspecified atom stereocenters. The van der Waals surface area contributed by atoms with E-state index in [-0.39, 0.29) is 11.6 Å². The molecule has 5 nitrogen and oxygen atoms in total. The van der Waals surface area contributed by atoms with Crippen molar-refractivity contribution in [2.75, 3.05) is 31.2 Å². The van der Waals surface area contributed by atoms with Crippen molar-refractivity contribution in [2.45, 2.75) is 19.3 Å². The zero-order chi connectivity index (χ0) is 15.0. The number of nitriles is 1. The molecule has 20 heavy (non-hydrogen) atoms. The molecule has 0 radical (unpaired) electrons. The van der Waals surface area contributed by atoms with Crippen molar-refractivity contribution in [3.63, 3.8) is 0 Å². The van der Waals surface area contributed by atoms with E-state index >= 15 is 0 Å². The first-order valence-corrected chi connectivity index (χ1v) is 6.43. The van der Waals surface area contributed by atoms with Gasteiger partial charge >= 0.3 is 0 Å². The zero-order valence-electron chi connectivity index (χ0n) is 11.5. The summed E-state index contributed by atoms with van der Waals surface area (Å²) in [5.41, 5.74) is 5.93. The highest BCUT2D eigenvalue weighted by Crippen LogP contribution is 2.16. The summed E-state index contributed by atoms with van der Waals surface area (Å²) in [6.45, 7) is 1.45. The Morgan fingerprint density at radius 1 is 1.50 bits per heavy atom. The van der Waals surface area contributed by atoms with Gasteiger partial charge in [0.05, 0.1) is 11.8 Å². The fourth-order valence-electron chi connectivity index (χ4n) is 1.71. The number of anilines is 2. The normalized spacial score (nSPS) is 10.3. The van der Waals surface area contributed by atoms with E-state index in [9.17, 15) is 9.18 Å². The third-order valence-corrected chi connectivity index (χ3v) is 2.83. The molecule has 0 aliphatic heterocycles. The molecule has 1 aromatic rings. The van der Waals surface area contributed by atoms with Crippen LogP contribution in [0.3, 0.4) is 0 Å². The van der Waals surface area contributed by atoms with Crippen LogP contribution >= 0.6 is 0 Å². The van der Waals surface area contributed by atoms with Gasteiger partial charge in [-0.05, 0) is 38.2 Å². The number of halogens is 1. The number of amides is 1. The SMILES string of the molecule is CN(CCC#N)CCCC(=O)Nc1ccc(F)c(N)c1. The average Bonchev–Trinajstić information content (AvgIpc) is 2.40. The Kier molecular flexibility index (Phi) is 6.47. The van der Waals surface area contributed by atoms with Crippen LogP contribution in [0.1, 0.15) is 19.3 Å². The third kappa shape index (κ3) is 5.67. The van der Waals surface area contributed by atoms with Crippen molar-refractivity contribution in [3.05, 3.63) is 24.0 Å². The van der Waals surface area contributed by atoms with E-state index in [2.05, 4.69) is 11.4 Å². The molecule has 0 aliphatic carbocycles. The molecule has 0 aromatic heterocycles. The number of nitrogen functional groups attached to an aromatic ring is 1. The van der Waals surface area contributed by atoms with Crippen molar-refractivity contribution >= 4 is 17.3 Å². The molecule has 0 atom stereocenters. The molecule has 1 amide bonds. The minimum atomic E-state index is -0.498. The van der Waals surface area contributed by atoms with Crippen LogP contribution in [0.25, 0.3) is 0 Å². The first kappa shape index (κ1) is 15.9. The largest absolute Gasteiger partial charge is 0.396 e. The number of nitrogens with zero attached hydrogens (tertiary/aromatic N) is 2. The van der Waals surface area contributed by atoms with Crippen LogP contribution in [-0.4, -0.2) is 30.9 Å². The summed E-state index contributed by atoms with van der Waals surface area (Å²) >= 11 is 0. The second kappa shape index (κ2) is 8.12. The maximum absolute atomic E-state index is 13.0. The van der Waals surface area contributed by atoms with Gasteiger partial charge in [0.1, 0.15) is 5.82 Å². The number of carbonyl (C=O) groups excluding carboxylic acids is 1. The van der Waals surface area contributed by atoms with E-state index in [1.165, 1.54) is 18.2 Å². The molecule has 3 N–H and O–H groups in total. The summed E-state index contributed by atoms with van der Waals surface area (Å²) in [5, 5.41) is 11.1. The first-order valence-electron chi connectivity index (χ1n) is 6.43. The van der Waals surface area contributed by atoms with Crippen molar-refractivity contribution in [1.82, 2.24) is 4.90 Å². The lowest BCUT2D eigenvalue weighted by Crippen LogP contribution is -2.22. The number of nitrogens with two attached hydrogens (primary N) is 1. The Balaban J connectivity index is 2.30. The van der Waals surface area contributed by atoms with Gasteiger partial charge in [0.2, 0.25) is 5.91 Å². The Morgan fingerprint density at radius 2 is 2.25 bits per heavy atom. The number of hydrogen-bond donors (Lipinski definition) is 2. The fraction of sp³-hybridized carbons (Fsp3) is 0.429. The predicted molar refractivity (Wildman–Crippen MR) is 76.4 cm³/mol. The lowest BCUT2D eigenvalue weighted by molar-refractivity contribution is -0.116. The maximum atomic E-state index is 13.0. The van der Waals surface area contributed by atoms with E-state index in [0.717, 1.165) is 6.54 Å². The number of carbonyl (C=O) groups is 1. The summed E-state index contributed by atoms with van der Waals surface area (Å²) < 4.78 is 13.0. The summed E-state index contributed by atoms with van der Waals surface area (Å²) in [5.74, 6) is -0.633. The highest BCUT2D eigenvalue weighted by molar-refractivity contribution is 5.91. The summed E-state index contributed by atoms with van der Waals surface area (Å²) in [7, 11) is 1.91. The van der Waals surface area contributed by atoms with Crippen LogP contribution in [0, 0.1) is 17.1 Å². The Morgan fingerprint density at radius 3 is 2.90 bits per heavy atom. The smallest absolute Gasteiger partial charge is 0.224 e. The monoisotopic (exact) mass is 278 g/mol. The van der Waals surface area contributed by atoms with Gasteiger partial charge in [0.25, 0.3) is 0 Å². The molecule has 6 heteroatoms. The van der Waals surface area contributed by atoms with Gasteiger partial charge in [-0.1, -0.05) is 0 Å². The van der Waals surface area contributed by atoms with Crippen LogP contribution in [-0.2, 0) is 4.79 Å². The highest BCUT2D eigenvalue weighted by Gasteiger charge is 2.05. The molecular formula is C14H19FN4O. The average molecular weight is 278 g/mol. The van der Waals surface area contributed by atoms with E-state index in [0.29, 0.717) is 31.5 Å². The summed E-state index contributed by atoms with van der Waals surface area (Å²) in [6, 6.07) is 6.17. The predicted octanol–water partition coefficient (Wildman–Crippen LogP) is 1.97. The first-order chi connectivity index (χ1) is 9.52. The molecule has 0 heterocycles.